The van der Waals surface area contributed by atoms with E-state index in [1.165, 1.54) is 7.11 Å². The number of benzene rings is 2. The highest BCUT2D eigenvalue weighted by Crippen LogP contribution is 2.38. The van der Waals surface area contributed by atoms with Crippen LogP contribution in [-0.2, 0) is 37.5 Å². The normalized spacial score (nSPS) is 14.4. The predicted octanol–water partition coefficient (Wildman–Crippen LogP) is 2.77. The molecule has 1 atom stereocenters. The Morgan fingerprint density at radius 3 is 2.14 bits per heavy atom. The Morgan fingerprint density at radius 1 is 0.919 bits per heavy atom. The van der Waals surface area contributed by atoms with Gasteiger partial charge in [-0.25, -0.2) is 4.79 Å². The molecule has 3 heterocycles. The van der Waals surface area contributed by atoms with Crippen LogP contribution in [0, 0.1) is 0 Å². The summed E-state index contributed by atoms with van der Waals surface area (Å²) in [5.74, 6) is -1.72. The van der Waals surface area contributed by atoms with Gasteiger partial charge in [-0.2, -0.15) is 0 Å². The molecule has 0 unspecified atom stereocenters. The maximum absolute atomic E-state index is 13.1. The maximum Gasteiger partial charge on any atom is 0.328 e. The van der Waals surface area contributed by atoms with Crippen LogP contribution in [0.3, 0.4) is 0 Å². The van der Waals surface area contributed by atoms with E-state index < -0.39 is 23.8 Å². The minimum atomic E-state index is -0.754. The standard InChI is InChI=1S/C28H26N4O5/c1-16(28(36)37-3)29-23(33)12-13-32-15-20(18-9-5-7-11-22(18)32)25-24(26(34)30-27(25)35)19-14-31(2)21-10-6-4-8-17(19)21/h4-11,14-16H,12-13H2,1-3H3,(H,29,33)(H,30,34,35)/t16-/m0/s1. The zero-order chi connectivity index (χ0) is 26.3. The average molecular weight is 499 g/mol. The second kappa shape index (κ2) is 9.42. The molecular formula is C28H26N4O5. The number of aromatic nitrogens is 2. The fourth-order valence-corrected chi connectivity index (χ4v) is 4.91. The van der Waals surface area contributed by atoms with Crippen molar-refractivity contribution in [2.75, 3.05) is 7.11 Å². The molecule has 9 nitrogen and oxygen atoms in total. The van der Waals surface area contributed by atoms with Crippen LogP contribution in [-0.4, -0.2) is 46.0 Å². The highest BCUT2D eigenvalue weighted by atomic mass is 16.5. The number of carbonyl (C=O) groups excluding carboxylic acids is 4. The Morgan fingerprint density at radius 2 is 1.49 bits per heavy atom. The molecule has 0 saturated heterocycles. The van der Waals surface area contributed by atoms with E-state index in [-0.39, 0.29) is 12.3 Å². The van der Waals surface area contributed by atoms with Crippen LogP contribution < -0.4 is 10.6 Å². The number of carbonyl (C=O) groups is 4. The zero-order valence-corrected chi connectivity index (χ0v) is 20.7. The summed E-state index contributed by atoms with van der Waals surface area (Å²) in [5.41, 5.74) is 3.71. The van der Waals surface area contributed by atoms with Crippen molar-refractivity contribution in [1.82, 2.24) is 19.8 Å². The summed E-state index contributed by atoms with van der Waals surface area (Å²) in [7, 11) is 3.17. The molecule has 1 aliphatic heterocycles. The average Bonchev–Trinajstić information content (AvgIpc) is 3.52. The molecule has 37 heavy (non-hydrogen) atoms. The van der Waals surface area contributed by atoms with Gasteiger partial charge in [0, 0.05) is 65.3 Å². The summed E-state index contributed by atoms with van der Waals surface area (Å²) in [4.78, 5) is 50.3. The maximum atomic E-state index is 13.1. The molecule has 2 N–H and O–H groups in total. The summed E-state index contributed by atoms with van der Waals surface area (Å²) in [6.07, 6.45) is 3.78. The number of nitrogens with zero attached hydrogens (tertiary/aromatic N) is 2. The fraction of sp³-hybridized carbons (Fsp3) is 0.214. The molecule has 5 rings (SSSR count). The molecule has 0 fully saturated rings. The molecule has 0 bridgehead atoms. The van der Waals surface area contributed by atoms with Gasteiger partial charge >= 0.3 is 5.97 Å². The van der Waals surface area contributed by atoms with Gasteiger partial charge in [-0.3, -0.25) is 19.7 Å². The van der Waals surface area contributed by atoms with Gasteiger partial charge in [0.15, 0.2) is 0 Å². The molecule has 0 aliphatic carbocycles. The van der Waals surface area contributed by atoms with E-state index >= 15 is 0 Å². The van der Waals surface area contributed by atoms with E-state index in [2.05, 4.69) is 15.4 Å². The molecule has 2 aromatic heterocycles. The van der Waals surface area contributed by atoms with Gasteiger partial charge in [-0.1, -0.05) is 36.4 Å². The molecule has 0 saturated carbocycles. The Kier molecular flexibility index (Phi) is 6.12. The monoisotopic (exact) mass is 498 g/mol. The van der Waals surface area contributed by atoms with Crippen molar-refractivity contribution in [2.45, 2.75) is 25.9 Å². The van der Waals surface area contributed by atoms with Crippen LogP contribution in [0.25, 0.3) is 33.0 Å². The van der Waals surface area contributed by atoms with Crippen molar-refractivity contribution in [3.8, 4) is 0 Å². The minimum Gasteiger partial charge on any atom is -0.467 e. The fourth-order valence-electron chi connectivity index (χ4n) is 4.91. The van der Waals surface area contributed by atoms with Gasteiger partial charge < -0.3 is 19.2 Å². The number of aryl methyl sites for hydroxylation is 2. The van der Waals surface area contributed by atoms with Gasteiger partial charge in [-0.15, -0.1) is 0 Å². The van der Waals surface area contributed by atoms with Crippen molar-refractivity contribution >= 4 is 56.6 Å². The van der Waals surface area contributed by atoms with Crippen LogP contribution in [0.4, 0.5) is 0 Å². The lowest BCUT2D eigenvalue weighted by molar-refractivity contribution is -0.144. The first-order valence-electron chi connectivity index (χ1n) is 11.9. The first-order chi connectivity index (χ1) is 17.8. The van der Waals surface area contributed by atoms with E-state index in [1.54, 1.807) is 13.1 Å². The van der Waals surface area contributed by atoms with E-state index in [4.69, 9.17) is 0 Å². The smallest absolute Gasteiger partial charge is 0.328 e. The molecule has 3 amide bonds. The van der Waals surface area contributed by atoms with Gasteiger partial charge in [-0.05, 0) is 19.1 Å². The van der Waals surface area contributed by atoms with Crippen LogP contribution in [0.5, 0.6) is 0 Å². The van der Waals surface area contributed by atoms with Gasteiger partial charge in [0.25, 0.3) is 11.8 Å². The number of hydrogen-bond acceptors (Lipinski definition) is 5. The van der Waals surface area contributed by atoms with Crippen molar-refractivity contribution in [3.63, 3.8) is 0 Å². The van der Waals surface area contributed by atoms with Gasteiger partial charge in [0.05, 0.1) is 18.3 Å². The lowest BCUT2D eigenvalue weighted by Gasteiger charge is -2.12. The van der Waals surface area contributed by atoms with Crippen LogP contribution >= 0.6 is 0 Å². The largest absolute Gasteiger partial charge is 0.467 e. The predicted molar refractivity (Wildman–Crippen MR) is 139 cm³/mol. The SMILES string of the molecule is COC(=O)[C@H](C)NC(=O)CCn1cc(C2=C(c3cn(C)c4ccccc34)C(=O)NC2=O)c2ccccc21. The number of ether oxygens (including phenoxy) is 1. The van der Waals surface area contributed by atoms with Gasteiger partial charge in [0.1, 0.15) is 6.04 Å². The molecule has 4 aromatic rings. The Labute approximate surface area is 212 Å². The zero-order valence-electron chi connectivity index (χ0n) is 20.7. The summed E-state index contributed by atoms with van der Waals surface area (Å²) in [6.45, 7) is 1.87. The van der Waals surface area contributed by atoms with Crippen molar-refractivity contribution in [3.05, 3.63) is 72.1 Å². The number of methoxy groups -OCH3 is 1. The molecule has 0 spiro atoms. The van der Waals surface area contributed by atoms with Crippen LogP contribution in [0.15, 0.2) is 60.9 Å². The lowest BCUT2D eigenvalue weighted by Crippen LogP contribution is -2.39. The molecule has 2 aromatic carbocycles. The van der Waals surface area contributed by atoms with Crippen molar-refractivity contribution < 1.29 is 23.9 Å². The third kappa shape index (κ3) is 4.18. The van der Waals surface area contributed by atoms with Gasteiger partial charge in [0.2, 0.25) is 5.91 Å². The number of rotatable bonds is 7. The third-order valence-electron chi connectivity index (χ3n) is 6.67. The first kappa shape index (κ1) is 24.1. The number of amides is 3. The molecule has 188 valence electrons. The Balaban J connectivity index is 1.57. The Hall–Kier alpha value is -4.66. The lowest BCUT2D eigenvalue weighted by atomic mass is 9.95. The number of nitrogens with one attached hydrogen (secondary N) is 2. The van der Waals surface area contributed by atoms with E-state index in [9.17, 15) is 19.2 Å². The summed E-state index contributed by atoms with van der Waals surface area (Å²) >= 11 is 0. The molecule has 0 radical (unpaired) electrons. The summed E-state index contributed by atoms with van der Waals surface area (Å²) < 4.78 is 8.48. The second-order valence-corrected chi connectivity index (χ2v) is 9.02. The quantitative estimate of drug-likeness (QED) is 0.301. The highest BCUT2D eigenvalue weighted by Gasteiger charge is 2.35. The first-order valence-corrected chi connectivity index (χ1v) is 11.9. The third-order valence-corrected chi connectivity index (χ3v) is 6.67. The number of esters is 1. The summed E-state index contributed by atoms with van der Waals surface area (Å²) in [6, 6.07) is 14.5. The van der Waals surface area contributed by atoms with Crippen LogP contribution in [0.2, 0.25) is 0 Å². The van der Waals surface area contributed by atoms with Crippen LogP contribution in [0.1, 0.15) is 24.5 Å². The summed E-state index contributed by atoms with van der Waals surface area (Å²) in [5, 5.41) is 6.77. The van der Waals surface area contributed by atoms with E-state index in [1.807, 2.05) is 70.9 Å². The number of para-hydroxylation sites is 2. The molecular weight excluding hydrogens is 472 g/mol. The molecule has 9 heteroatoms. The second-order valence-electron chi connectivity index (χ2n) is 9.02. The van der Waals surface area contributed by atoms with E-state index in [0.29, 0.717) is 28.8 Å². The number of imide groups is 1. The highest BCUT2D eigenvalue weighted by molar-refractivity contribution is 6.50. The Bertz CT molecular complexity index is 1620. The van der Waals surface area contributed by atoms with E-state index in [0.717, 1.165) is 21.8 Å². The van der Waals surface area contributed by atoms with Crippen molar-refractivity contribution in [1.29, 1.82) is 0 Å². The number of hydrogen-bond donors (Lipinski definition) is 2. The minimum absolute atomic E-state index is 0.111. The van der Waals surface area contributed by atoms with Crippen molar-refractivity contribution in [2.24, 2.45) is 7.05 Å². The topological polar surface area (TPSA) is 111 Å². The number of fused-ring (bicyclic) bond motifs is 2. The molecule has 1 aliphatic rings.